The number of nitro groups is 1. The Morgan fingerprint density at radius 1 is 1.11 bits per heavy atom. The summed E-state index contributed by atoms with van der Waals surface area (Å²) in [6.07, 6.45) is 4.13. The number of hydrogen-bond donors (Lipinski definition) is 2. The third kappa shape index (κ3) is 4.76. The lowest BCUT2D eigenvalue weighted by Crippen LogP contribution is -2.19. The second-order valence-corrected chi connectivity index (χ2v) is 9.16. The topological polar surface area (TPSA) is 95.3 Å². The highest BCUT2D eigenvalue weighted by atomic mass is 32.1. The quantitative estimate of drug-likeness (QED) is 0.194. The van der Waals surface area contributed by atoms with Gasteiger partial charge >= 0.3 is 0 Å². The lowest BCUT2D eigenvalue weighted by molar-refractivity contribution is -0.384. The molecule has 8 heteroatoms. The molecule has 7 nitrogen and oxygen atoms in total. The Morgan fingerprint density at radius 3 is 2.69 bits per heavy atom. The third-order valence-electron chi connectivity index (χ3n) is 6.52. The number of rotatable bonds is 7. The van der Waals surface area contributed by atoms with Crippen LogP contribution >= 0.6 is 12.2 Å². The number of anilines is 1. The first-order chi connectivity index (χ1) is 17.0. The van der Waals surface area contributed by atoms with Gasteiger partial charge in [0.05, 0.1) is 4.92 Å². The SMILES string of the molecule is NC(=S)c1cccc(-c2cn(C3CCOCC3)c3cc(CNc4ccccc4[N+](=O)[O-])ccc23)c1. The monoisotopic (exact) mass is 486 g/mol. The Hall–Kier alpha value is -3.75. The van der Waals surface area contributed by atoms with Crippen molar-refractivity contribution >= 4 is 39.5 Å². The van der Waals surface area contributed by atoms with Gasteiger partial charge in [-0.3, -0.25) is 10.1 Å². The first-order valence-electron chi connectivity index (χ1n) is 11.6. The number of fused-ring (bicyclic) bond motifs is 1. The maximum absolute atomic E-state index is 11.4. The molecule has 0 saturated carbocycles. The number of hydrogen-bond acceptors (Lipinski definition) is 5. The predicted octanol–water partition coefficient (Wildman–Crippen LogP) is 5.81. The molecule has 1 saturated heterocycles. The van der Waals surface area contributed by atoms with Crippen LogP contribution in [0.15, 0.2) is 72.9 Å². The molecule has 0 aliphatic carbocycles. The van der Waals surface area contributed by atoms with Gasteiger partial charge in [-0.1, -0.05) is 54.7 Å². The van der Waals surface area contributed by atoms with E-state index in [2.05, 4.69) is 40.3 Å². The molecule has 1 aromatic heterocycles. The zero-order chi connectivity index (χ0) is 24.4. The molecule has 0 radical (unpaired) electrons. The van der Waals surface area contributed by atoms with Crippen molar-refractivity contribution < 1.29 is 9.66 Å². The molecule has 4 aromatic rings. The Balaban J connectivity index is 1.54. The lowest BCUT2D eigenvalue weighted by Gasteiger charge is -2.24. The molecular weight excluding hydrogens is 460 g/mol. The fourth-order valence-electron chi connectivity index (χ4n) is 4.72. The second kappa shape index (κ2) is 9.85. The first kappa shape index (κ1) is 23.0. The number of nitrogens with two attached hydrogens (primary N) is 1. The third-order valence-corrected chi connectivity index (χ3v) is 6.76. The number of aromatic nitrogens is 1. The van der Waals surface area contributed by atoms with Gasteiger partial charge in [-0.25, -0.2) is 0 Å². The van der Waals surface area contributed by atoms with Crippen LogP contribution in [0, 0.1) is 10.1 Å². The molecule has 1 fully saturated rings. The number of benzene rings is 3. The molecular formula is C27H26N4O3S. The van der Waals surface area contributed by atoms with Gasteiger partial charge < -0.3 is 20.4 Å². The molecule has 1 aliphatic heterocycles. The Morgan fingerprint density at radius 2 is 1.91 bits per heavy atom. The van der Waals surface area contributed by atoms with E-state index >= 15 is 0 Å². The molecule has 2 heterocycles. The standard InChI is InChI=1S/C27H26N4O3S/c28-27(35)20-5-3-4-19(15-20)23-17-30(21-10-12-34-13-11-21)26-14-18(8-9-22(23)26)16-29-24-6-1-2-7-25(24)31(32)33/h1-9,14-15,17,21,29H,10-13,16H2,(H2,28,35). The van der Waals surface area contributed by atoms with Gasteiger partial charge in [0.2, 0.25) is 0 Å². The molecule has 0 spiro atoms. The van der Waals surface area contributed by atoms with Crippen molar-refractivity contribution in [3.8, 4) is 11.1 Å². The van der Waals surface area contributed by atoms with Crippen molar-refractivity contribution in [1.82, 2.24) is 4.57 Å². The van der Waals surface area contributed by atoms with Gasteiger partial charge in [-0.05, 0) is 42.2 Å². The van der Waals surface area contributed by atoms with E-state index in [0.29, 0.717) is 23.3 Å². The second-order valence-electron chi connectivity index (χ2n) is 8.72. The summed E-state index contributed by atoms with van der Waals surface area (Å²) < 4.78 is 7.96. The summed E-state index contributed by atoms with van der Waals surface area (Å²) >= 11 is 5.20. The fourth-order valence-corrected chi connectivity index (χ4v) is 4.85. The van der Waals surface area contributed by atoms with Gasteiger partial charge in [0.25, 0.3) is 5.69 Å². The van der Waals surface area contributed by atoms with Crippen LogP contribution < -0.4 is 11.1 Å². The van der Waals surface area contributed by atoms with E-state index in [1.54, 1.807) is 18.2 Å². The van der Waals surface area contributed by atoms with E-state index in [9.17, 15) is 10.1 Å². The number of ether oxygens (including phenoxy) is 1. The predicted molar refractivity (Wildman–Crippen MR) is 143 cm³/mol. The summed E-state index contributed by atoms with van der Waals surface area (Å²) in [6, 6.07) is 21.4. The number of nitro benzene ring substituents is 1. The van der Waals surface area contributed by atoms with Gasteiger partial charge in [0.15, 0.2) is 0 Å². The van der Waals surface area contributed by atoms with E-state index in [1.165, 1.54) is 6.07 Å². The molecule has 3 N–H and O–H groups in total. The Kier molecular flexibility index (Phi) is 6.48. The smallest absolute Gasteiger partial charge is 0.292 e. The number of nitrogens with zero attached hydrogens (tertiary/aromatic N) is 2. The summed E-state index contributed by atoms with van der Waals surface area (Å²) in [6.45, 7) is 1.97. The lowest BCUT2D eigenvalue weighted by atomic mass is 10.0. The largest absolute Gasteiger partial charge is 0.389 e. The van der Waals surface area contributed by atoms with Crippen LogP contribution in [0.3, 0.4) is 0 Å². The normalized spacial score (nSPS) is 14.2. The van der Waals surface area contributed by atoms with Crippen molar-refractivity contribution in [2.45, 2.75) is 25.4 Å². The fraction of sp³-hybridized carbons (Fsp3) is 0.222. The maximum atomic E-state index is 11.4. The van der Waals surface area contributed by atoms with Gasteiger partial charge in [0, 0.05) is 60.1 Å². The minimum atomic E-state index is -0.366. The molecule has 0 amide bonds. The highest BCUT2D eigenvalue weighted by Crippen LogP contribution is 2.36. The first-order valence-corrected chi connectivity index (χ1v) is 12.0. The highest BCUT2D eigenvalue weighted by Gasteiger charge is 2.21. The number of thiocarbonyl (C=S) groups is 1. The van der Waals surface area contributed by atoms with E-state index < -0.39 is 0 Å². The Labute approximate surface area is 208 Å². The van der Waals surface area contributed by atoms with Gasteiger partial charge in [0.1, 0.15) is 10.7 Å². The molecule has 0 unspecified atom stereocenters. The molecule has 35 heavy (non-hydrogen) atoms. The van der Waals surface area contributed by atoms with Crippen LogP contribution in [0.25, 0.3) is 22.0 Å². The maximum Gasteiger partial charge on any atom is 0.292 e. The highest BCUT2D eigenvalue weighted by molar-refractivity contribution is 7.80. The van der Waals surface area contributed by atoms with Gasteiger partial charge in [-0.2, -0.15) is 0 Å². The average Bonchev–Trinajstić information content (AvgIpc) is 3.27. The summed E-state index contributed by atoms with van der Waals surface area (Å²) in [7, 11) is 0. The summed E-state index contributed by atoms with van der Waals surface area (Å²) in [5.41, 5.74) is 11.7. The van der Waals surface area contributed by atoms with E-state index in [1.807, 2.05) is 18.2 Å². The van der Waals surface area contributed by atoms with Crippen LogP contribution in [0.2, 0.25) is 0 Å². The van der Waals surface area contributed by atoms with Gasteiger partial charge in [-0.15, -0.1) is 0 Å². The zero-order valence-corrected chi connectivity index (χ0v) is 20.0. The van der Waals surface area contributed by atoms with E-state index in [4.69, 9.17) is 22.7 Å². The van der Waals surface area contributed by atoms with Crippen LogP contribution in [0.4, 0.5) is 11.4 Å². The van der Waals surface area contributed by atoms with Crippen molar-refractivity contribution in [2.24, 2.45) is 5.73 Å². The van der Waals surface area contributed by atoms with Crippen molar-refractivity contribution in [1.29, 1.82) is 0 Å². The van der Waals surface area contributed by atoms with Crippen molar-refractivity contribution in [3.05, 3.63) is 94.2 Å². The van der Waals surface area contributed by atoms with Crippen LogP contribution in [-0.2, 0) is 11.3 Å². The van der Waals surface area contributed by atoms with Crippen molar-refractivity contribution in [3.63, 3.8) is 0 Å². The average molecular weight is 487 g/mol. The molecule has 3 aromatic carbocycles. The molecule has 5 rings (SSSR count). The minimum Gasteiger partial charge on any atom is -0.389 e. The van der Waals surface area contributed by atoms with Crippen LogP contribution in [0.1, 0.15) is 30.0 Å². The minimum absolute atomic E-state index is 0.0687. The van der Waals surface area contributed by atoms with Crippen LogP contribution in [-0.4, -0.2) is 27.7 Å². The summed E-state index contributed by atoms with van der Waals surface area (Å²) in [5, 5.41) is 15.7. The van der Waals surface area contributed by atoms with Crippen molar-refractivity contribution in [2.75, 3.05) is 18.5 Å². The Bertz CT molecular complexity index is 1410. The molecule has 178 valence electrons. The van der Waals surface area contributed by atoms with E-state index in [0.717, 1.165) is 59.2 Å². The molecule has 0 bridgehead atoms. The van der Waals surface area contributed by atoms with Crippen LogP contribution in [0.5, 0.6) is 0 Å². The molecule has 1 aliphatic rings. The number of para-hydroxylation sites is 2. The number of nitrogens with one attached hydrogen (secondary N) is 1. The van der Waals surface area contributed by atoms with E-state index in [-0.39, 0.29) is 10.6 Å². The zero-order valence-electron chi connectivity index (χ0n) is 19.1. The summed E-state index contributed by atoms with van der Waals surface area (Å²) in [4.78, 5) is 11.4. The molecule has 0 atom stereocenters. The summed E-state index contributed by atoms with van der Waals surface area (Å²) in [5.74, 6) is 0.